The number of benzene rings is 1. The van der Waals surface area contributed by atoms with Crippen molar-refractivity contribution in [2.75, 3.05) is 26.7 Å². The molecule has 1 unspecified atom stereocenters. The number of nitrogens with zero attached hydrogens (tertiary/aromatic N) is 3. The van der Waals surface area contributed by atoms with Gasteiger partial charge in [0, 0.05) is 31.9 Å². The van der Waals surface area contributed by atoms with E-state index in [1.54, 1.807) is 10.9 Å². The Morgan fingerprint density at radius 2 is 2.22 bits per heavy atom. The van der Waals surface area contributed by atoms with Gasteiger partial charge in [0.15, 0.2) is 0 Å². The predicted octanol–water partition coefficient (Wildman–Crippen LogP) is 2.42. The van der Waals surface area contributed by atoms with E-state index in [9.17, 15) is 4.79 Å². The van der Waals surface area contributed by atoms with E-state index < -0.39 is 0 Å². The molecule has 1 aliphatic rings. The molecule has 5 nitrogen and oxygen atoms in total. The lowest BCUT2D eigenvalue weighted by Crippen LogP contribution is -2.30. The summed E-state index contributed by atoms with van der Waals surface area (Å²) in [4.78, 5) is 14.8. The van der Waals surface area contributed by atoms with Gasteiger partial charge in [0.25, 0.3) is 5.91 Å². The number of aromatic nitrogens is 2. The smallest absolute Gasteiger partial charge is 0.257 e. The Morgan fingerprint density at radius 3 is 2.96 bits per heavy atom. The minimum absolute atomic E-state index is 0.0339. The fourth-order valence-electron chi connectivity index (χ4n) is 3.14. The molecule has 6 heteroatoms. The maximum absolute atomic E-state index is 12.9. The monoisotopic (exact) mass is 332 g/mol. The number of likely N-dealkylation sites (tertiary alicyclic amines) is 1. The third-order valence-corrected chi connectivity index (χ3v) is 4.58. The lowest BCUT2D eigenvalue weighted by Gasteiger charge is -2.16. The van der Waals surface area contributed by atoms with Gasteiger partial charge in [0.2, 0.25) is 0 Å². The van der Waals surface area contributed by atoms with Gasteiger partial charge in [0.05, 0.1) is 10.6 Å². The van der Waals surface area contributed by atoms with Crippen LogP contribution in [-0.4, -0.2) is 47.3 Å². The van der Waals surface area contributed by atoms with Crippen molar-refractivity contribution in [3.05, 3.63) is 41.0 Å². The third kappa shape index (κ3) is 3.26. The van der Waals surface area contributed by atoms with Crippen molar-refractivity contribution < 1.29 is 4.79 Å². The third-order valence-electron chi connectivity index (χ3n) is 4.25. The number of carbonyl (C=O) groups excluding carboxylic acids is 1. The molecule has 1 N–H and O–H groups in total. The van der Waals surface area contributed by atoms with Gasteiger partial charge in [-0.15, -0.1) is 0 Å². The molecule has 3 rings (SSSR count). The summed E-state index contributed by atoms with van der Waals surface area (Å²) in [6.07, 6.45) is 2.82. The van der Waals surface area contributed by atoms with Crippen LogP contribution < -0.4 is 5.32 Å². The molecule has 0 aliphatic carbocycles. The number of amides is 1. The molecule has 23 heavy (non-hydrogen) atoms. The Balaban J connectivity index is 1.89. The molecule has 1 saturated heterocycles. The Hall–Kier alpha value is -1.85. The molecule has 1 aliphatic heterocycles. The first kappa shape index (κ1) is 16.0. The summed E-state index contributed by atoms with van der Waals surface area (Å²) in [5.41, 5.74) is 2.06. The molecule has 1 aromatic carbocycles. The van der Waals surface area contributed by atoms with Crippen molar-refractivity contribution in [1.82, 2.24) is 20.0 Å². The summed E-state index contributed by atoms with van der Waals surface area (Å²) in [6.45, 7) is 2.52. The van der Waals surface area contributed by atoms with Gasteiger partial charge in [0.1, 0.15) is 5.69 Å². The highest BCUT2D eigenvalue weighted by Crippen LogP contribution is 2.30. The minimum atomic E-state index is 0.0339. The molecule has 0 saturated carbocycles. The molecule has 1 amide bonds. The van der Waals surface area contributed by atoms with Crippen LogP contribution in [0.15, 0.2) is 30.5 Å². The zero-order chi connectivity index (χ0) is 16.4. The maximum atomic E-state index is 12.9. The second-order valence-electron chi connectivity index (χ2n) is 6.01. The Labute approximate surface area is 141 Å². The number of nitrogens with one attached hydrogen (secondary N) is 1. The fourth-order valence-corrected chi connectivity index (χ4v) is 3.37. The summed E-state index contributed by atoms with van der Waals surface area (Å²) >= 11 is 6.29. The van der Waals surface area contributed by atoms with Gasteiger partial charge >= 0.3 is 0 Å². The zero-order valence-corrected chi connectivity index (χ0v) is 14.2. The first-order chi connectivity index (χ1) is 11.1. The quantitative estimate of drug-likeness (QED) is 0.935. The Kier molecular flexibility index (Phi) is 4.68. The summed E-state index contributed by atoms with van der Waals surface area (Å²) < 4.78 is 1.67. The standard InChI is InChI=1S/C17H21ClN4O/c1-19-9-12-7-8-22(10-12)17(23)14-11-21(2)20-16(14)13-5-3-4-6-15(13)18/h3-6,11-12,19H,7-10H2,1-2H3. The molecular formula is C17H21ClN4O. The Morgan fingerprint density at radius 1 is 1.43 bits per heavy atom. The van der Waals surface area contributed by atoms with Crippen molar-refractivity contribution >= 4 is 17.5 Å². The van der Waals surface area contributed by atoms with Crippen molar-refractivity contribution in [3.8, 4) is 11.3 Å². The van der Waals surface area contributed by atoms with Crippen LogP contribution in [0.1, 0.15) is 16.8 Å². The highest BCUT2D eigenvalue weighted by Gasteiger charge is 2.29. The summed E-state index contributed by atoms with van der Waals surface area (Å²) in [5, 5.41) is 8.25. The fraction of sp³-hybridized carbons (Fsp3) is 0.412. The molecule has 0 spiro atoms. The van der Waals surface area contributed by atoms with Crippen molar-refractivity contribution in [2.24, 2.45) is 13.0 Å². The van der Waals surface area contributed by atoms with E-state index in [-0.39, 0.29) is 5.91 Å². The molecule has 2 heterocycles. The van der Waals surface area contributed by atoms with Crippen LogP contribution in [0.4, 0.5) is 0 Å². The van der Waals surface area contributed by atoms with Crippen molar-refractivity contribution in [1.29, 1.82) is 0 Å². The number of halogens is 1. The van der Waals surface area contributed by atoms with Crippen LogP contribution in [0.2, 0.25) is 5.02 Å². The summed E-state index contributed by atoms with van der Waals surface area (Å²) in [6, 6.07) is 7.50. The number of carbonyl (C=O) groups is 1. The molecule has 1 aromatic heterocycles. The van der Waals surface area contributed by atoms with E-state index in [4.69, 9.17) is 11.6 Å². The Bertz CT molecular complexity index is 712. The average Bonchev–Trinajstić information content (AvgIpc) is 3.14. The van der Waals surface area contributed by atoms with E-state index in [0.29, 0.717) is 22.2 Å². The summed E-state index contributed by atoms with van der Waals surface area (Å²) in [5.74, 6) is 0.552. The molecule has 0 radical (unpaired) electrons. The largest absolute Gasteiger partial charge is 0.338 e. The van der Waals surface area contributed by atoms with E-state index in [1.165, 1.54) is 0 Å². The molecule has 1 atom stereocenters. The van der Waals surface area contributed by atoms with E-state index in [0.717, 1.165) is 31.6 Å². The number of aryl methyl sites for hydroxylation is 1. The second kappa shape index (κ2) is 6.72. The molecule has 122 valence electrons. The highest BCUT2D eigenvalue weighted by atomic mass is 35.5. The predicted molar refractivity (Wildman–Crippen MR) is 91.6 cm³/mol. The van der Waals surface area contributed by atoms with Crippen molar-refractivity contribution in [3.63, 3.8) is 0 Å². The first-order valence-electron chi connectivity index (χ1n) is 7.82. The highest BCUT2D eigenvalue weighted by molar-refractivity contribution is 6.33. The second-order valence-corrected chi connectivity index (χ2v) is 6.42. The maximum Gasteiger partial charge on any atom is 0.257 e. The average molecular weight is 333 g/mol. The minimum Gasteiger partial charge on any atom is -0.338 e. The normalized spacial score (nSPS) is 17.7. The van der Waals surface area contributed by atoms with Gasteiger partial charge in [-0.1, -0.05) is 29.8 Å². The van der Waals surface area contributed by atoms with Crippen LogP contribution >= 0.6 is 11.6 Å². The van der Waals surface area contributed by atoms with Crippen LogP contribution in [0.25, 0.3) is 11.3 Å². The van der Waals surface area contributed by atoms with Gasteiger partial charge in [-0.05, 0) is 32.0 Å². The topological polar surface area (TPSA) is 50.2 Å². The van der Waals surface area contributed by atoms with E-state index in [1.807, 2.05) is 43.3 Å². The summed E-state index contributed by atoms with van der Waals surface area (Å²) in [7, 11) is 3.77. The van der Waals surface area contributed by atoms with Crippen molar-refractivity contribution in [2.45, 2.75) is 6.42 Å². The van der Waals surface area contributed by atoms with Gasteiger partial charge < -0.3 is 10.2 Å². The van der Waals surface area contributed by atoms with Crippen LogP contribution in [0.3, 0.4) is 0 Å². The number of hydrogen-bond acceptors (Lipinski definition) is 3. The van der Waals surface area contributed by atoms with Gasteiger partial charge in [-0.2, -0.15) is 5.10 Å². The van der Waals surface area contributed by atoms with E-state index >= 15 is 0 Å². The molecular weight excluding hydrogens is 312 g/mol. The molecule has 0 bridgehead atoms. The lowest BCUT2D eigenvalue weighted by atomic mass is 10.1. The van der Waals surface area contributed by atoms with Gasteiger partial charge in [-0.3, -0.25) is 9.48 Å². The molecule has 2 aromatic rings. The lowest BCUT2D eigenvalue weighted by molar-refractivity contribution is 0.0788. The van der Waals surface area contributed by atoms with Crippen LogP contribution in [-0.2, 0) is 7.05 Å². The van der Waals surface area contributed by atoms with Gasteiger partial charge in [-0.25, -0.2) is 0 Å². The number of hydrogen-bond donors (Lipinski definition) is 1. The first-order valence-corrected chi connectivity index (χ1v) is 8.20. The van der Waals surface area contributed by atoms with E-state index in [2.05, 4.69) is 10.4 Å². The SMILES string of the molecule is CNCC1CCN(C(=O)c2cn(C)nc2-c2ccccc2Cl)C1. The zero-order valence-electron chi connectivity index (χ0n) is 13.4. The molecule has 1 fully saturated rings. The van der Waals surface area contributed by atoms with Crippen LogP contribution in [0, 0.1) is 5.92 Å². The number of rotatable bonds is 4. The van der Waals surface area contributed by atoms with Crippen LogP contribution in [0.5, 0.6) is 0 Å².